The highest BCUT2D eigenvalue weighted by Crippen LogP contribution is 2.30. The molecule has 2 amide bonds. The minimum Gasteiger partial charge on any atom is -0.497 e. The zero-order valence-corrected chi connectivity index (χ0v) is 24.3. The Hall–Kier alpha value is -3.27. The number of ether oxygens (including phenoxy) is 1. The van der Waals surface area contributed by atoms with Gasteiger partial charge in [-0.2, -0.15) is 0 Å². The smallest absolute Gasteiger partial charge is 0.264 e. The molecule has 0 spiro atoms. The van der Waals surface area contributed by atoms with Crippen molar-refractivity contribution in [2.45, 2.75) is 37.8 Å². The summed E-state index contributed by atoms with van der Waals surface area (Å²) in [6, 6.07) is 18.3. The normalized spacial score (nSPS) is 11.9. The summed E-state index contributed by atoms with van der Waals surface area (Å²) in [7, 11) is -2.66. The van der Waals surface area contributed by atoms with Crippen LogP contribution in [0.2, 0.25) is 10.0 Å². The van der Waals surface area contributed by atoms with Gasteiger partial charge in [0.15, 0.2) is 0 Å². The van der Waals surface area contributed by atoms with Gasteiger partial charge in [-0.1, -0.05) is 60.5 Å². The van der Waals surface area contributed by atoms with E-state index in [1.807, 2.05) is 6.92 Å². The summed E-state index contributed by atoms with van der Waals surface area (Å²) in [4.78, 5) is 28.1. The van der Waals surface area contributed by atoms with Gasteiger partial charge in [0.2, 0.25) is 11.8 Å². The van der Waals surface area contributed by atoms with E-state index in [1.54, 1.807) is 56.5 Å². The summed E-state index contributed by atoms with van der Waals surface area (Å²) in [5.74, 6) is -0.286. The molecule has 0 radical (unpaired) electrons. The quantitative estimate of drug-likeness (QED) is 0.314. The van der Waals surface area contributed by atoms with Gasteiger partial charge in [-0.05, 0) is 61.4 Å². The van der Waals surface area contributed by atoms with Gasteiger partial charge in [0.25, 0.3) is 10.0 Å². The third kappa shape index (κ3) is 7.88. The minimum absolute atomic E-state index is 0.00987. The van der Waals surface area contributed by atoms with Gasteiger partial charge in [0, 0.05) is 23.1 Å². The van der Waals surface area contributed by atoms with Gasteiger partial charge in [0.1, 0.15) is 18.3 Å². The molecule has 1 N–H and O–H groups in total. The zero-order chi connectivity index (χ0) is 28.6. The van der Waals surface area contributed by atoms with E-state index in [0.29, 0.717) is 12.3 Å². The molecule has 11 heteroatoms. The molecular formula is C28H31Cl2N3O5S. The lowest BCUT2D eigenvalue weighted by atomic mass is 10.1. The number of carbonyl (C=O) groups is 2. The molecule has 39 heavy (non-hydrogen) atoms. The van der Waals surface area contributed by atoms with E-state index >= 15 is 0 Å². The number of benzene rings is 3. The molecule has 0 aliphatic heterocycles. The van der Waals surface area contributed by atoms with Crippen molar-refractivity contribution in [2.24, 2.45) is 0 Å². The van der Waals surface area contributed by atoms with Gasteiger partial charge in [0.05, 0.1) is 17.7 Å². The van der Waals surface area contributed by atoms with Crippen LogP contribution < -0.4 is 14.4 Å². The molecule has 0 unspecified atom stereocenters. The largest absolute Gasteiger partial charge is 0.497 e. The Balaban J connectivity index is 2.03. The van der Waals surface area contributed by atoms with Gasteiger partial charge < -0.3 is 15.0 Å². The number of carbonyl (C=O) groups excluding carboxylic acids is 2. The number of amides is 2. The van der Waals surface area contributed by atoms with Gasteiger partial charge in [-0.3, -0.25) is 13.9 Å². The van der Waals surface area contributed by atoms with Crippen LogP contribution in [0.4, 0.5) is 5.69 Å². The molecule has 3 rings (SSSR count). The summed E-state index contributed by atoms with van der Waals surface area (Å²) in [5, 5.41) is 3.23. The molecule has 8 nitrogen and oxygen atoms in total. The van der Waals surface area contributed by atoms with Crippen LogP contribution in [0.15, 0.2) is 77.7 Å². The van der Waals surface area contributed by atoms with Crippen molar-refractivity contribution >= 4 is 50.7 Å². The van der Waals surface area contributed by atoms with E-state index in [2.05, 4.69) is 5.32 Å². The minimum atomic E-state index is -4.21. The number of anilines is 1. The summed E-state index contributed by atoms with van der Waals surface area (Å²) in [6.07, 6.45) is 0.726. The van der Waals surface area contributed by atoms with Gasteiger partial charge in [-0.25, -0.2) is 8.42 Å². The zero-order valence-electron chi connectivity index (χ0n) is 21.9. The van der Waals surface area contributed by atoms with Crippen LogP contribution in [0.1, 0.15) is 25.8 Å². The lowest BCUT2D eigenvalue weighted by molar-refractivity contribution is -0.139. The standard InChI is InChI=1S/C28H31Cl2N3O5S/c1-4-14-31-28(35)20(2)32(18-21-10-12-25(38-3)13-11-21)27(34)19-33(24-16-22(29)15-23(30)17-24)39(36,37)26-8-6-5-7-9-26/h5-13,15-17,20H,4,14,18-19H2,1-3H3,(H,31,35)/t20-/m1/s1. The maximum Gasteiger partial charge on any atom is 0.264 e. The molecule has 0 aliphatic carbocycles. The number of nitrogens with zero attached hydrogens (tertiary/aromatic N) is 2. The van der Waals surface area contributed by atoms with Crippen molar-refractivity contribution in [3.8, 4) is 5.75 Å². The number of methoxy groups -OCH3 is 1. The third-order valence-corrected chi connectivity index (χ3v) is 8.20. The Labute approximate surface area is 239 Å². The highest BCUT2D eigenvalue weighted by Gasteiger charge is 2.32. The van der Waals surface area contributed by atoms with Gasteiger partial charge >= 0.3 is 0 Å². The third-order valence-electron chi connectivity index (χ3n) is 5.97. The molecule has 0 bridgehead atoms. The predicted octanol–water partition coefficient (Wildman–Crippen LogP) is 5.14. The van der Waals surface area contributed by atoms with E-state index in [-0.39, 0.29) is 33.1 Å². The van der Waals surface area contributed by atoms with Crippen molar-refractivity contribution in [3.05, 3.63) is 88.4 Å². The second kappa shape index (κ2) is 13.7. The topological polar surface area (TPSA) is 96.0 Å². The Morgan fingerprint density at radius 1 is 0.974 bits per heavy atom. The molecule has 1 atom stereocenters. The molecule has 208 valence electrons. The number of nitrogens with one attached hydrogen (secondary N) is 1. The van der Waals surface area contributed by atoms with Crippen LogP contribution >= 0.6 is 23.2 Å². The van der Waals surface area contributed by atoms with Crippen molar-refractivity contribution in [3.63, 3.8) is 0 Å². The summed E-state index contributed by atoms with van der Waals surface area (Å²) < 4.78 is 33.7. The average molecular weight is 593 g/mol. The fraction of sp³-hybridized carbons (Fsp3) is 0.286. The first kappa shape index (κ1) is 30.3. The molecule has 0 aliphatic rings. The predicted molar refractivity (Wildman–Crippen MR) is 154 cm³/mol. The first-order valence-corrected chi connectivity index (χ1v) is 14.5. The van der Waals surface area contributed by atoms with Crippen LogP contribution in [-0.2, 0) is 26.2 Å². The highest BCUT2D eigenvalue weighted by atomic mass is 35.5. The van der Waals surface area contributed by atoms with Crippen LogP contribution in [0.25, 0.3) is 0 Å². The van der Waals surface area contributed by atoms with E-state index in [4.69, 9.17) is 27.9 Å². The number of halogens is 2. The fourth-order valence-corrected chi connectivity index (χ4v) is 5.77. The van der Waals surface area contributed by atoms with E-state index in [9.17, 15) is 18.0 Å². The van der Waals surface area contributed by atoms with E-state index in [0.717, 1.165) is 16.3 Å². The first-order chi connectivity index (χ1) is 18.6. The molecule has 0 heterocycles. The maximum atomic E-state index is 13.9. The van der Waals surface area contributed by atoms with Crippen LogP contribution in [0, 0.1) is 0 Å². The number of hydrogen-bond donors (Lipinski definition) is 1. The Morgan fingerprint density at radius 2 is 1.59 bits per heavy atom. The van der Waals surface area contributed by atoms with Crippen LogP contribution in [0.3, 0.4) is 0 Å². The Bertz CT molecular complexity index is 1370. The SMILES string of the molecule is CCCNC(=O)[C@@H](C)N(Cc1ccc(OC)cc1)C(=O)CN(c1cc(Cl)cc(Cl)c1)S(=O)(=O)c1ccccc1. The lowest BCUT2D eigenvalue weighted by Crippen LogP contribution is -2.51. The molecule has 3 aromatic rings. The van der Waals surface area contributed by atoms with E-state index in [1.165, 1.54) is 35.2 Å². The van der Waals surface area contributed by atoms with Crippen molar-refractivity contribution < 1.29 is 22.7 Å². The number of sulfonamides is 1. The summed E-state index contributed by atoms with van der Waals surface area (Å²) in [5.41, 5.74) is 0.861. The first-order valence-electron chi connectivity index (χ1n) is 12.3. The summed E-state index contributed by atoms with van der Waals surface area (Å²) >= 11 is 12.4. The van der Waals surface area contributed by atoms with Crippen LogP contribution in [0.5, 0.6) is 5.75 Å². The molecule has 0 fully saturated rings. The molecule has 0 saturated heterocycles. The van der Waals surface area contributed by atoms with Crippen molar-refractivity contribution in [2.75, 3.05) is 24.5 Å². The van der Waals surface area contributed by atoms with Gasteiger partial charge in [-0.15, -0.1) is 0 Å². The highest BCUT2D eigenvalue weighted by molar-refractivity contribution is 7.92. The number of rotatable bonds is 12. The molecular weight excluding hydrogens is 561 g/mol. The molecule has 0 aromatic heterocycles. The van der Waals surface area contributed by atoms with Crippen molar-refractivity contribution in [1.82, 2.24) is 10.2 Å². The monoisotopic (exact) mass is 591 g/mol. The van der Waals surface area contributed by atoms with Crippen LogP contribution in [-0.4, -0.2) is 51.4 Å². The Morgan fingerprint density at radius 3 is 2.15 bits per heavy atom. The lowest BCUT2D eigenvalue weighted by Gasteiger charge is -2.32. The summed E-state index contributed by atoms with van der Waals surface area (Å²) in [6.45, 7) is 3.46. The average Bonchev–Trinajstić information content (AvgIpc) is 2.92. The van der Waals surface area contributed by atoms with E-state index < -0.39 is 28.5 Å². The second-order valence-corrected chi connectivity index (χ2v) is 11.5. The number of hydrogen-bond acceptors (Lipinski definition) is 5. The van der Waals surface area contributed by atoms with Crippen molar-refractivity contribution in [1.29, 1.82) is 0 Å². The fourth-order valence-electron chi connectivity index (χ4n) is 3.84. The molecule has 0 saturated carbocycles. The Kier molecular flexibility index (Phi) is 10.6. The maximum absolute atomic E-state index is 13.9. The second-order valence-electron chi connectivity index (χ2n) is 8.79. The molecule has 3 aromatic carbocycles.